The fourth-order valence-corrected chi connectivity index (χ4v) is 4.23. The third kappa shape index (κ3) is 7.35. The molecule has 0 aromatic heterocycles. The normalized spacial score (nSPS) is 17.5. The van der Waals surface area contributed by atoms with Gasteiger partial charge in [0.2, 0.25) is 0 Å². The lowest BCUT2D eigenvalue weighted by Gasteiger charge is -2.30. The van der Waals surface area contributed by atoms with Crippen LogP contribution in [0.25, 0.3) is 0 Å². The number of carbonyl (C=O) groups is 2. The number of hydrogen-bond acceptors (Lipinski definition) is 5. The second-order valence-electron chi connectivity index (χ2n) is 8.32. The molecule has 0 bridgehead atoms. The number of rotatable bonds is 9. The molecular formula is C25H30F2N2O4S. The van der Waals surface area contributed by atoms with Gasteiger partial charge in [0.15, 0.2) is 0 Å². The Kier molecular flexibility index (Phi) is 9.56. The van der Waals surface area contributed by atoms with Crippen molar-refractivity contribution in [3.63, 3.8) is 0 Å². The van der Waals surface area contributed by atoms with Gasteiger partial charge in [-0.3, -0.25) is 0 Å². The molecule has 2 aromatic carbocycles. The Morgan fingerprint density at radius 1 is 1.15 bits per heavy atom. The maximum absolute atomic E-state index is 14.4. The first-order valence-electron chi connectivity index (χ1n) is 11.4. The van der Waals surface area contributed by atoms with Gasteiger partial charge >= 0.3 is 12.2 Å². The highest BCUT2D eigenvalue weighted by atomic mass is 32.1. The first-order valence-corrected chi connectivity index (χ1v) is 11.9. The Morgan fingerprint density at radius 2 is 1.91 bits per heavy atom. The van der Waals surface area contributed by atoms with Crippen molar-refractivity contribution in [3.8, 4) is 0 Å². The quantitative estimate of drug-likeness (QED) is 0.376. The van der Waals surface area contributed by atoms with Crippen molar-refractivity contribution < 1.29 is 27.8 Å². The van der Waals surface area contributed by atoms with Crippen LogP contribution in [0.2, 0.25) is 0 Å². The van der Waals surface area contributed by atoms with Gasteiger partial charge in [0.1, 0.15) is 18.2 Å². The Hall–Kier alpha value is -2.81. The van der Waals surface area contributed by atoms with E-state index in [0.717, 1.165) is 36.6 Å². The molecule has 1 aliphatic rings. The summed E-state index contributed by atoms with van der Waals surface area (Å²) >= 11 is 4.51. The van der Waals surface area contributed by atoms with E-state index in [9.17, 15) is 18.4 Å². The summed E-state index contributed by atoms with van der Waals surface area (Å²) in [6.07, 6.45) is 1.02. The summed E-state index contributed by atoms with van der Waals surface area (Å²) in [4.78, 5) is 28.5. The molecule has 9 heteroatoms. The van der Waals surface area contributed by atoms with E-state index in [4.69, 9.17) is 9.47 Å². The fourth-order valence-electron chi connectivity index (χ4n) is 3.81. The lowest BCUT2D eigenvalue weighted by molar-refractivity contribution is 0.0701. The average Bonchev–Trinajstić information content (AvgIpc) is 3.20. The van der Waals surface area contributed by atoms with Crippen molar-refractivity contribution in [1.82, 2.24) is 9.80 Å². The molecular weight excluding hydrogens is 462 g/mol. The SMILES string of the molecule is CCCCOC(=O)N1C[C@H](S)C[C@H]1CN(Cc1cc(F)ccc1F)C(=O)OCc1ccccc1. The summed E-state index contributed by atoms with van der Waals surface area (Å²) in [5, 5.41) is -0.0863. The zero-order valence-electron chi connectivity index (χ0n) is 19.2. The molecule has 6 nitrogen and oxygen atoms in total. The van der Waals surface area contributed by atoms with Crippen LogP contribution in [-0.2, 0) is 22.6 Å². The number of amides is 2. The number of unbranched alkanes of at least 4 members (excludes halogenated alkanes) is 1. The summed E-state index contributed by atoms with van der Waals surface area (Å²) in [6, 6.07) is 11.9. The minimum absolute atomic E-state index is 0.0224. The van der Waals surface area contributed by atoms with Crippen LogP contribution in [-0.4, -0.2) is 53.0 Å². The lowest BCUT2D eigenvalue weighted by atomic mass is 10.1. The van der Waals surface area contributed by atoms with Crippen molar-refractivity contribution >= 4 is 24.8 Å². The molecule has 0 aliphatic carbocycles. The second-order valence-corrected chi connectivity index (χ2v) is 9.05. The van der Waals surface area contributed by atoms with E-state index in [1.165, 1.54) is 4.90 Å². The molecule has 3 rings (SSSR count). The van der Waals surface area contributed by atoms with Crippen molar-refractivity contribution in [2.75, 3.05) is 19.7 Å². The molecule has 2 aromatic rings. The highest BCUT2D eigenvalue weighted by Gasteiger charge is 2.37. The summed E-state index contributed by atoms with van der Waals surface area (Å²) in [5.41, 5.74) is 0.819. The van der Waals surface area contributed by atoms with Gasteiger partial charge in [-0.2, -0.15) is 12.6 Å². The smallest absolute Gasteiger partial charge is 0.410 e. The highest BCUT2D eigenvalue weighted by Crippen LogP contribution is 2.25. The van der Waals surface area contributed by atoms with E-state index in [2.05, 4.69) is 12.6 Å². The molecule has 0 unspecified atom stereocenters. The number of benzene rings is 2. The summed E-state index contributed by atoms with van der Waals surface area (Å²) in [5.74, 6) is -1.23. The standard InChI is InChI=1S/C25H30F2N2O4S/c1-2-3-11-32-25(31)29-16-22(34)13-21(29)15-28(14-19-12-20(26)9-10-23(19)27)24(30)33-17-18-7-5-4-6-8-18/h4-10,12,21-22,34H,2-3,11,13-17H2,1H3/t21-,22+/m0/s1. The van der Waals surface area contributed by atoms with Crippen LogP contribution in [0.15, 0.2) is 48.5 Å². The number of nitrogens with zero attached hydrogens (tertiary/aromatic N) is 2. The van der Waals surface area contributed by atoms with E-state index >= 15 is 0 Å². The molecule has 2 amide bonds. The maximum Gasteiger partial charge on any atom is 0.410 e. The zero-order valence-corrected chi connectivity index (χ0v) is 20.1. The Labute approximate surface area is 204 Å². The topological polar surface area (TPSA) is 59.1 Å². The first kappa shape index (κ1) is 25.8. The summed E-state index contributed by atoms with van der Waals surface area (Å²) < 4.78 is 38.9. The predicted molar refractivity (Wildman–Crippen MR) is 128 cm³/mol. The largest absolute Gasteiger partial charge is 0.449 e. The zero-order chi connectivity index (χ0) is 24.5. The van der Waals surface area contributed by atoms with Crippen LogP contribution in [0.4, 0.5) is 18.4 Å². The molecule has 1 saturated heterocycles. The van der Waals surface area contributed by atoms with E-state index < -0.39 is 29.9 Å². The third-order valence-corrected chi connectivity index (χ3v) is 5.99. The molecule has 2 atom stereocenters. The van der Waals surface area contributed by atoms with E-state index in [1.807, 2.05) is 37.3 Å². The van der Waals surface area contributed by atoms with Gasteiger partial charge < -0.3 is 19.3 Å². The van der Waals surface area contributed by atoms with Crippen molar-refractivity contribution in [1.29, 1.82) is 0 Å². The van der Waals surface area contributed by atoms with Crippen LogP contribution < -0.4 is 0 Å². The Balaban J connectivity index is 1.75. The lowest BCUT2D eigenvalue weighted by Crippen LogP contribution is -2.45. The summed E-state index contributed by atoms with van der Waals surface area (Å²) in [7, 11) is 0. The summed E-state index contributed by atoms with van der Waals surface area (Å²) in [6.45, 7) is 2.59. The molecule has 0 spiro atoms. The molecule has 184 valence electrons. The number of thiol groups is 1. The van der Waals surface area contributed by atoms with Crippen LogP contribution >= 0.6 is 12.6 Å². The van der Waals surface area contributed by atoms with Gasteiger partial charge in [0, 0.05) is 23.9 Å². The number of likely N-dealkylation sites (tertiary alicyclic amines) is 1. The molecule has 0 radical (unpaired) electrons. The number of hydrogen-bond donors (Lipinski definition) is 1. The average molecular weight is 493 g/mol. The second kappa shape index (κ2) is 12.6. The van der Waals surface area contributed by atoms with Crippen LogP contribution in [0.1, 0.15) is 37.3 Å². The van der Waals surface area contributed by atoms with Gasteiger partial charge in [-0.1, -0.05) is 43.7 Å². The molecule has 0 N–H and O–H groups in total. The van der Waals surface area contributed by atoms with Crippen molar-refractivity contribution in [3.05, 3.63) is 71.3 Å². The maximum atomic E-state index is 14.4. The van der Waals surface area contributed by atoms with E-state index in [0.29, 0.717) is 19.6 Å². The molecule has 34 heavy (non-hydrogen) atoms. The minimum Gasteiger partial charge on any atom is -0.449 e. The molecule has 1 aliphatic heterocycles. The fraction of sp³-hybridized carbons (Fsp3) is 0.440. The van der Waals surface area contributed by atoms with Crippen LogP contribution in [0, 0.1) is 11.6 Å². The Morgan fingerprint density at radius 3 is 2.65 bits per heavy atom. The van der Waals surface area contributed by atoms with Crippen LogP contribution in [0.3, 0.4) is 0 Å². The number of carbonyl (C=O) groups excluding carboxylic acids is 2. The van der Waals surface area contributed by atoms with E-state index in [-0.39, 0.29) is 30.5 Å². The van der Waals surface area contributed by atoms with Gasteiger partial charge in [0.25, 0.3) is 0 Å². The van der Waals surface area contributed by atoms with Gasteiger partial charge in [0.05, 0.1) is 19.2 Å². The Bertz CT molecular complexity index is 963. The monoisotopic (exact) mass is 492 g/mol. The molecule has 1 fully saturated rings. The molecule has 0 saturated carbocycles. The third-order valence-electron chi connectivity index (χ3n) is 5.61. The number of halogens is 2. The van der Waals surface area contributed by atoms with Crippen molar-refractivity contribution in [2.45, 2.75) is 50.6 Å². The van der Waals surface area contributed by atoms with Gasteiger partial charge in [-0.05, 0) is 36.6 Å². The highest BCUT2D eigenvalue weighted by molar-refractivity contribution is 7.81. The minimum atomic E-state index is -0.686. The number of ether oxygens (including phenoxy) is 2. The first-order chi connectivity index (χ1) is 16.4. The van der Waals surface area contributed by atoms with Crippen molar-refractivity contribution in [2.24, 2.45) is 0 Å². The predicted octanol–water partition coefficient (Wildman–Crippen LogP) is 5.41. The van der Waals surface area contributed by atoms with E-state index in [1.54, 1.807) is 4.90 Å². The van der Waals surface area contributed by atoms with Crippen LogP contribution in [0.5, 0.6) is 0 Å². The van der Waals surface area contributed by atoms with Gasteiger partial charge in [-0.25, -0.2) is 18.4 Å². The van der Waals surface area contributed by atoms with Gasteiger partial charge in [-0.15, -0.1) is 0 Å². The molecule has 1 heterocycles.